The van der Waals surface area contributed by atoms with E-state index in [2.05, 4.69) is 18.6 Å². The average molecular weight is 286 g/mol. The highest BCUT2D eigenvalue weighted by Gasteiger charge is 2.41. The quantitative estimate of drug-likeness (QED) is 0.759. The molecule has 0 aromatic heterocycles. The van der Waals surface area contributed by atoms with Crippen molar-refractivity contribution in [2.24, 2.45) is 17.8 Å². The Bertz CT molecular complexity index is 273. The second-order valence-corrected chi connectivity index (χ2v) is 5.67. The third-order valence-corrected chi connectivity index (χ3v) is 4.09. The van der Waals surface area contributed by atoms with E-state index in [1.165, 1.54) is 0 Å². The SMILES string of the molecule is CC1CCC(C(O)COCC(F)(F)C(F)F)CC1C. The molecule has 1 aliphatic carbocycles. The normalized spacial score (nSPS) is 30.6. The predicted octanol–water partition coefficient (Wildman–Crippen LogP) is 3.34. The highest BCUT2D eigenvalue weighted by Crippen LogP contribution is 2.35. The molecule has 1 rings (SSSR count). The van der Waals surface area contributed by atoms with E-state index >= 15 is 0 Å². The molecule has 0 bridgehead atoms. The van der Waals surface area contributed by atoms with E-state index in [4.69, 9.17) is 0 Å². The van der Waals surface area contributed by atoms with E-state index in [1.54, 1.807) is 0 Å². The lowest BCUT2D eigenvalue weighted by Crippen LogP contribution is -2.36. The minimum absolute atomic E-state index is 0.00590. The van der Waals surface area contributed by atoms with E-state index in [1.807, 2.05) is 0 Å². The summed E-state index contributed by atoms with van der Waals surface area (Å²) in [5, 5.41) is 9.86. The van der Waals surface area contributed by atoms with Crippen molar-refractivity contribution in [1.82, 2.24) is 0 Å². The van der Waals surface area contributed by atoms with Gasteiger partial charge in [0.15, 0.2) is 0 Å². The molecule has 1 fully saturated rings. The summed E-state index contributed by atoms with van der Waals surface area (Å²) in [5.41, 5.74) is 0. The van der Waals surface area contributed by atoms with Crippen molar-refractivity contribution in [3.8, 4) is 0 Å². The van der Waals surface area contributed by atoms with E-state index in [-0.39, 0.29) is 12.5 Å². The van der Waals surface area contributed by atoms with Gasteiger partial charge in [-0.1, -0.05) is 20.3 Å². The number of hydrogen-bond acceptors (Lipinski definition) is 2. The van der Waals surface area contributed by atoms with Crippen LogP contribution >= 0.6 is 0 Å². The van der Waals surface area contributed by atoms with Crippen LogP contribution in [0.5, 0.6) is 0 Å². The fourth-order valence-corrected chi connectivity index (χ4v) is 2.45. The molecule has 0 spiro atoms. The van der Waals surface area contributed by atoms with Crippen LogP contribution in [0.1, 0.15) is 33.1 Å². The number of ether oxygens (including phenoxy) is 1. The molecule has 4 unspecified atom stereocenters. The summed E-state index contributed by atoms with van der Waals surface area (Å²) < 4.78 is 53.5. The van der Waals surface area contributed by atoms with Gasteiger partial charge < -0.3 is 9.84 Å². The molecule has 0 aromatic rings. The average Bonchev–Trinajstić information content (AvgIpc) is 2.32. The zero-order chi connectivity index (χ0) is 14.6. The van der Waals surface area contributed by atoms with E-state index in [0.717, 1.165) is 19.3 Å². The first-order valence-corrected chi connectivity index (χ1v) is 6.65. The molecule has 0 radical (unpaired) electrons. The summed E-state index contributed by atoms with van der Waals surface area (Å²) in [7, 11) is 0. The first-order valence-electron chi connectivity index (χ1n) is 6.65. The highest BCUT2D eigenvalue weighted by atomic mass is 19.3. The van der Waals surface area contributed by atoms with Crippen LogP contribution in [0, 0.1) is 17.8 Å². The molecule has 6 heteroatoms. The summed E-state index contributed by atoms with van der Waals surface area (Å²) >= 11 is 0. The summed E-state index contributed by atoms with van der Waals surface area (Å²) in [6.45, 7) is 2.58. The smallest absolute Gasteiger partial charge is 0.330 e. The van der Waals surface area contributed by atoms with Crippen molar-refractivity contribution in [2.75, 3.05) is 13.2 Å². The Morgan fingerprint density at radius 1 is 1.21 bits per heavy atom. The van der Waals surface area contributed by atoms with Crippen LogP contribution in [0.25, 0.3) is 0 Å². The van der Waals surface area contributed by atoms with E-state index < -0.39 is 25.1 Å². The highest BCUT2D eigenvalue weighted by molar-refractivity contribution is 4.80. The minimum Gasteiger partial charge on any atom is -0.390 e. The van der Waals surface area contributed by atoms with Crippen molar-refractivity contribution in [1.29, 1.82) is 0 Å². The van der Waals surface area contributed by atoms with Crippen molar-refractivity contribution < 1.29 is 27.4 Å². The lowest BCUT2D eigenvalue weighted by molar-refractivity contribution is -0.173. The number of alkyl halides is 4. The molecule has 0 aliphatic heterocycles. The van der Waals surface area contributed by atoms with Crippen molar-refractivity contribution >= 4 is 0 Å². The summed E-state index contributed by atoms with van der Waals surface area (Å²) in [6, 6.07) is 0. The van der Waals surface area contributed by atoms with Crippen LogP contribution in [-0.4, -0.2) is 36.8 Å². The van der Waals surface area contributed by atoms with E-state index in [0.29, 0.717) is 11.8 Å². The van der Waals surface area contributed by atoms with Gasteiger partial charge in [-0.3, -0.25) is 0 Å². The fraction of sp³-hybridized carbons (Fsp3) is 1.00. The van der Waals surface area contributed by atoms with E-state index in [9.17, 15) is 22.7 Å². The maximum atomic E-state index is 12.6. The molecule has 0 heterocycles. The molecule has 19 heavy (non-hydrogen) atoms. The Morgan fingerprint density at radius 2 is 1.84 bits per heavy atom. The van der Waals surface area contributed by atoms with Gasteiger partial charge in [0.1, 0.15) is 6.61 Å². The standard InChI is InChI=1S/C13H22F4O2/c1-8-3-4-10(5-9(8)2)11(18)6-19-7-13(16,17)12(14)15/h8-12,18H,3-7H2,1-2H3. The monoisotopic (exact) mass is 286 g/mol. The molecule has 114 valence electrons. The van der Waals surface area contributed by atoms with Crippen LogP contribution in [0.3, 0.4) is 0 Å². The largest absolute Gasteiger partial charge is 0.390 e. The predicted molar refractivity (Wildman–Crippen MR) is 63.4 cm³/mol. The summed E-state index contributed by atoms with van der Waals surface area (Å²) in [6.07, 6.45) is -1.97. The van der Waals surface area contributed by atoms with Crippen LogP contribution in [-0.2, 0) is 4.74 Å². The second-order valence-electron chi connectivity index (χ2n) is 5.67. The lowest BCUT2D eigenvalue weighted by Gasteiger charge is -2.34. The van der Waals surface area contributed by atoms with Crippen molar-refractivity contribution in [2.45, 2.75) is 51.6 Å². The van der Waals surface area contributed by atoms with Crippen LogP contribution in [0.2, 0.25) is 0 Å². The molecule has 4 atom stereocenters. The molecular weight excluding hydrogens is 264 g/mol. The Hall–Kier alpha value is -0.360. The number of halogens is 4. The zero-order valence-electron chi connectivity index (χ0n) is 11.3. The van der Waals surface area contributed by atoms with Crippen LogP contribution in [0.15, 0.2) is 0 Å². The summed E-state index contributed by atoms with van der Waals surface area (Å²) in [4.78, 5) is 0. The van der Waals surface area contributed by atoms with Gasteiger partial charge in [0.25, 0.3) is 0 Å². The Labute approximate surface area is 111 Å². The summed E-state index contributed by atoms with van der Waals surface area (Å²) in [5.74, 6) is -3.08. The minimum atomic E-state index is -4.14. The first-order chi connectivity index (χ1) is 8.74. The second kappa shape index (κ2) is 6.88. The van der Waals surface area contributed by atoms with Crippen LogP contribution in [0.4, 0.5) is 17.6 Å². The maximum absolute atomic E-state index is 12.6. The molecule has 1 aliphatic rings. The Kier molecular flexibility index (Phi) is 6.05. The topological polar surface area (TPSA) is 29.5 Å². The van der Waals surface area contributed by atoms with Gasteiger partial charge in [-0.2, -0.15) is 8.78 Å². The number of rotatable bonds is 6. The molecule has 0 aromatic carbocycles. The van der Waals surface area contributed by atoms with Gasteiger partial charge in [0.05, 0.1) is 12.7 Å². The van der Waals surface area contributed by atoms with Gasteiger partial charge in [0, 0.05) is 0 Å². The molecule has 2 nitrogen and oxygen atoms in total. The number of aliphatic hydroxyl groups excluding tert-OH is 1. The van der Waals surface area contributed by atoms with Gasteiger partial charge in [0.2, 0.25) is 0 Å². The maximum Gasteiger partial charge on any atom is 0.330 e. The van der Waals surface area contributed by atoms with Gasteiger partial charge >= 0.3 is 12.3 Å². The fourth-order valence-electron chi connectivity index (χ4n) is 2.45. The third-order valence-electron chi connectivity index (χ3n) is 4.09. The molecule has 1 saturated carbocycles. The van der Waals surface area contributed by atoms with Gasteiger partial charge in [-0.25, -0.2) is 8.78 Å². The number of aliphatic hydroxyl groups is 1. The number of hydrogen-bond donors (Lipinski definition) is 1. The zero-order valence-corrected chi connectivity index (χ0v) is 11.3. The lowest BCUT2D eigenvalue weighted by atomic mass is 9.74. The first kappa shape index (κ1) is 16.7. The van der Waals surface area contributed by atoms with Gasteiger partial charge in [-0.05, 0) is 30.6 Å². The van der Waals surface area contributed by atoms with Crippen LogP contribution < -0.4 is 0 Å². The van der Waals surface area contributed by atoms with Crippen molar-refractivity contribution in [3.05, 3.63) is 0 Å². The van der Waals surface area contributed by atoms with Crippen molar-refractivity contribution in [3.63, 3.8) is 0 Å². The Morgan fingerprint density at radius 3 is 2.37 bits per heavy atom. The van der Waals surface area contributed by atoms with Gasteiger partial charge in [-0.15, -0.1) is 0 Å². The molecule has 1 N–H and O–H groups in total. The molecular formula is C13H22F4O2. The molecule has 0 amide bonds. The third kappa shape index (κ3) is 4.91. The molecule has 0 saturated heterocycles. The Balaban J connectivity index is 2.30.